The molecule has 0 bridgehead atoms. The Morgan fingerprint density at radius 1 is 1.12 bits per heavy atom. The molecule has 3 aliphatic heterocycles. The molecule has 5 rings (SSSR count). The number of Topliss-reactive ketones (excluding diaryl/α,β-unsaturated/α-hetero) is 1. The lowest BCUT2D eigenvalue weighted by atomic mass is 10.1. The summed E-state index contributed by atoms with van der Waals surface area (Å²) in [5.41, 5.74) is 1.47. The van der Waals surface area contributed by atoms with Gasteiger partial charge in [-0.3, -0.25) is 14.3 Å². The molecule has 12 heteroatoms. The minimum atomic E-state index is -3.70. The third-order valence-electron chi connectivity index (χ3n) is 5.93. The lowest BCUT2D eigenvalue weighted by molar-refractivity contribution is -0.116. The van der Waals surface area contributed by atoms with Gasteiger partial charge in [0.15, 0.2) is 15.5 Å². The van der Waals surface area contributed by atoms with Gasteiger partial charge in [-0.1, -0.05) is 0 Å². The average molecular weight is 481 g/mol. The summed E-state index contributed by atoms with van der Waals surface area (Å²) in [5, 5.41) is 5.15. The van der Waals surface area contributed by atoms with E-state index in [0.29, 0.717) is 74.3 Å². The van der Waals surface area contributed by atoms with Crippen molar-refractivity contribution in [1.82, 2.24) is 19.7 Å². The molecular formula is C20H24N4O6S2. The molecule has 10 nitrogen and oxygen atoms in total. The number of aromatic nitrogens is 3. The first-order valence-corrected chi connectivity index (χ1v) is 13.1. The van der Waals surface area contributed by atoms with Gasteiger partial charge in [0.1, 0.15) is 20.7 Å². The fourth-order valence-corrected chi connectivity index (χ4v) is 7.45. The molecule has 0 aliphatic carbocycles. The molecule has 3 aliphatic rings. The molecular weight excluding hydrogens is 456 g/mol. The number of fused-ring (bicyclic) bond motifs is 3. The maximum absolute atomic E-state index is 13.4. The third-order valence-corrected chi connectivity index (χ3v) is 9.22. The lowest BCUT2D eigenvalue weighted by Crippen LogP contribution is -2.41. The van der Waals surface area contributed by atoms with Gasteiger partial charge in [-0.15, -0.1) is 11.3 Å². The second kappa shape index (κ2) is 8.32. The first-order chi connectivity index (χ1) is 15.3. The molecule has 172 valence electrons. The molecule has 2 aromatic heterocycles. The van der Waals surface area contributed by atoms with Gasteiger partial charge in [0, 0.05) is 31.9 Å². The standard InChI is InChI=1S/C20H24N4O6S2/c1-12(25)10-15-21-17-18-14(11-32(27,28)20(17)31-15)16(19(26)23-4-8-30-9-5-23)22-24(18)13-2-6-29-7-3-13/h13H,2-11H2,1H3. The predicted octanol–water partition coefficient (Wildman–Crippen LogP) is 1.25. The van der Waals surface area contributed by atoms with Crippen LogP contribution in [0.4, 0.5) is 0 Å². The van der Waals surface area contributed by atoms with Crippen molar-refractivity contribution in [2.24, 2.45) is 0 Å². The Balaban J connectivity index is 1.67. The number of amides is 1. The van der Waals surface area contributed by atoms with Gasteiger partial charge in [0.2, 0.25) is 0 Å². The highest BCUT2D eigenvalue weighted by Gasteiger charge is 2.41. The molecule has 5 heterocycles. The highest BCUT2D eigenvalue weighted by atomic mass is 32.2. The minimum Gasteiger partial charge on any atom is -0.381 e. The van der Waals surface area contributed by atoms with Crippen LogP contribution >= 0.6 is 11.3 Å². The summed E-state index contributed by atoms with van der Waals surface area (Å²) in [6.45, 7) is 4.36. The Bertz CT molecular complexity index is 1170. The summed E-state index contributed by atoms with van der Waals surface area (Å²) in [4.78, 5) is 31.2. The van der Waals surface area contributed by atoms with Crippen LogP contribution in [0.5, 0.6) is 0 Å². The van der Waals surface area contributed by atoms with Gasteiger partial charge in [0.25, 0.3) is 5.91 Å². The van der Waals surface area contributed by atoms with Crippen LogP contribution in [-0.2, 0) is 36.3 Å². The van der Waals surface area contributed by atoms with Crippen molar-refractivity contribution >= 4 is 32.9 Å². The SMILES string of the molecule is CC(=O)Cc1nc2c(s1)S(=O)(=O)Cc1c(C(=O)N3CCOCC3)nn(C3CCOCC3)c1-2. The van der Waals surface area contributed by atoms with Crippen LogP contribution in [0.2, 0.25) is 0 Å². The number of carbonyl (C=O) groups is 2. The van der Waals surface area contributed by atoms with E-state index in [9.17, 15) is 18.0 Å². The monoisotopic (exact) mass is 480 g/mol. The van der Waals surface area contributed by atoms with Crippen molar-refractivity contribution < 1.29 is 27.5 Å². The zero-order valence-corrected chi connectivity index (χ0v) is 19.3. The lowest BCUT2D eigenvalue weighted by Gasteiger charge is -2.26. The van der Waals surface area contributed by atoms with Gasteiger partial charge < -0.3 is 14.4 Å². The average Bonchev–Trinajstić information content (AvgIpc) is 3.36. The van der Waals surface area contributed by atoms with Crippen LogP contribution in [0.25, 0.3) is 11.4 Å². The molecule has 0 spiro atoms. The molecule has 0 unspecified atom stereocenters. The third kappa shape index (κ3) is 3.78. The highest BCUT2D eigenvalue weighted by Crippen LogP contribution is 2.44. The summed E-state index contributed by atoms with van der Waals surface area (Å²) in [6.07, 6.45) is 1.51. The molecule has 0 N–H and O–H groups in total. The number of rotatable bonds is 4. The van der Waals surface area contributed by atoms with Crippen LogP contribution in [0.15, 0.2) is 4.21 Å². The number of morpholine rings is 1. The second-order valence-electron chi connectivity index (χ2n) is 8.25. The van der Waals surface area contributed by atoms with E-state index in [-0.39, 0.29) is 39.8 Å². The molecule has 32 heavy (non-hydrogen) atoms. The molecule has 0 aromatic carbocycles. The number of hydrogen-bond donors (Lipinski definition) is 0. The van der Waals surface area contributed by atoms with Crippen LogP contribution < -0.4 is 0 Å². The van der Waals surface area contributed by atoms with Gasteiger partial charge in [-0.05, 0) is 19.8 Å². The number of nitrogens with zero attached hydrogens (tertiary/aromatic N) is 4. The van der Waals surface area contributed by atoms with E-state index in [0.717, 1.165) is 11.3 Å². The van der Waals surface area contributed by atoms with Gasteiger partial charge in [0.05, 0.1) is 37.1 Å². The van der Waals surface area contributed by atoms with Crippen LogP contribution in [0.1, 0.15) is 46.9 Å². The first kappa shape index (κ1) is 21.7. The Morgan fingerprint density at radius 3 is 2.50 bits per heavy atom. The smallest absolute Gasteiger partial charge is 0.274 e. The molecule has 0 atom stereocenters. The Hall–Kier alpha value is -2.15. The number of sulfone groups is 1. The summed E-state index contributed by atoms with van der Waals surface area (Å²) in [7, 11) is -3.70. The van der Waals surface area contributed by atoms with Crippen LogP contribution in [0, 0.1) is 0 Å². The summed E-state index contributed by atoms with van der Waals surface area (Å²) >= 11 is 1.04. The van der Waals surface area contributed by atoms with Gasteiger partial charge in [-0.2, -0.15) is 5.10 Å². The molecule has 0 radical (unpaired) electrons. The number of hydrogen-bond acceptors (Lipinski definition) is 9. The quantitative estimate of drug-likeness (QED) is 0.641. The maximum Gasteiger partial charge on any atom is 0.274 e. The van der Waals surface area contributed by atoms with Crippen molar-refractivity contribution in [3.63, 3.8) is 0 Å². The second-order valence-corrected chi connectivity index (χ2v) is 11.5. The normalized spacial score (nSPS) is 20.6. The predicted molar refractivity (Wildman–Crippen MR) is 114 cm³/mol. The van der Waals surface area contributed by atoms with E-state index >= 15 is 0 Å². The van der Waals surface area contributed by atoms with E-state index in [1.54, 1.807) is 9.58 Å². The number of thiazole rings is 1. The fourth-order valence-electron chi connectivity index (χ4n) is 4.39. The molecule has 2 saturated heterocycles. The largest absolute Gasteiger partial charge is 0.381 e. The van der Waals surface area contributed by atoms with Crippen molar-refractivity contribution in [3.8, 4) is 11.4 Å². The fraction of sp³-hybridized carbons (Fsp3) is 0.600. The molecule has 2 fully saturated rings. The number of carbonyl (C=O) groups excluding carboxylic acids is 2. The number of ketones is 1. The van der Waals surface area contributed by atoms with Crippen LogP contribution in [-0.4, -0.2) is 79.3 Å². The highest BCUT2D eigenvalue weighted by molar-refractivity contribution is 7.93. The zero-order chi connectivity index (χ0) is 22.5. The molecule has 1 amide bonds. The van der Waals surface area contributed by atoms with Crippen LogP contribution in [0.3, 0.4) is 0 Å². The van der Waals surface area contributed by atoms with Crippen molar-refractivity contribution in [3.05, 3.63) is 16.3 Å². The van der Waals surface area contributed by atoms with Gasteiger partial charge >= 0.3 is 0 Å². The Morgan fingerprint density at radius 2 is 1.81 bits per heavy atom. The van der Waals surface area contributed by atoms with Gasteiger partial charge in [-0.25, -0.2) is 13.4 Å². The van der Waals surface area contributed by atoms with E-state index in [1.807, 2.05) is 0 Å². The molecule has 0 saturated carbocycles. The molecule has 2 aromatic rings. The summed E-state index contributed by atoms with van der Waals surface area (Å²) in [5.74, 6) is -0.672. The Labute approximate surface area is 189 Å². The Kier molecular flexibility index (Phi) is 5.64. The minimum absolute atomic E-state index is 0.0182. The van der Waals surface area contributed by atoms with E-state index in [2.05, 4.69) is 10.1 Å². The van der Waals surface area contributed by atoms with E-state index in [1.165, 1.54) is 6.92 Å². The van der Waals surface area contributed by atoms with E-state index in [4.69, 9.17) is 9.47 Å². The van der Waals surface area contributed by atoms with Crippen molar-refractivity contribution in [2.45, 2.75) is 42.2 Å². The first-order valence-electron chi connectivity index (χ1n) is 10.6. The van der Waals surface area contributed by atoms with E-state index < -0.39 is 9.84 Å². The maximum atomic E-state index is 13.4. The summed E-state index contributed by atoms with van der Waals surface area (Å²) in [6, 6.07) is -0.0182. The van der Waals surface area contributed by atoms with Crippen molar-refractivity contribution in [1.29, 1.82) is 0 Å². The van der Waals surface area contributed by atoms with Crippen molar-refractivity contribution in [2.75, 3.05) is 39.5 Å². The summed E-state index contributed by atoms with van der Waals surface area (Å²) < 4.78 is 39.1. The zero-order valence-electron chi connectivity index (χ0n) is 17.7. The topological polar surface area (TPSA) is 121 Å². The number of ether oxygens (including phenoxy) is 2.